The molecular weight excluding hydrogens is 231 g/mol. The second-order valence-corrected chi connectivity index (χ2v) is 5.15. The van der Waals surface area contributed by atoms with E-state index in [1.165, 1.54) is 12.1 Å². The molecule has 0 unspecified atom stereocenters. The molecular formula is C7H4ClFN2O2S. The minimum atomic E-state index is -3.92. The second-order valence-electron chi connectivity index (χ2n) is 2.65. The number of hydrogen-bond acceptors (Lipinski definition) is 3. The molecule has 14 heavy (non-hydrogen) atoms. The molecule has 74 valence electrons. The van der Waals surface area contributed by atoms with Gasteiger partial charge in [0.2, 0.25) is 0 Å². The highest BCUT2D eigenvalue weighted by Gasteiger charge is 2.17. The number of nitrogens with one attached hydrogen (secondary N) is 1. The predicted octanol–water partition coefficient (Wildman–Crippen LogP) is 1.63. The number of fused-ring (bicyclic) bond motifs is 1. The fourth-order valence-corrected chi connectivity index (χ4v) is 2.08. The van der Waals surface area contributed by atoms with Gasteiger partial charge in [0.25, 0.3) is 9.05 Å². The van der Waals surface area contributed by atoms with Gasteiger partial charge >= 0.3 is 0 Å². The molecule has 1 aromatic carbocycles. The molecule has 0 aliphatic carbocycles. The van der Waals surface area contributed by atoms with E-state index >= 15 is 0 Å². The minimum Gasteiger partial charge on any atom is -0.265 e. The number of nitrogens with zero attached hydrogens (tertiary/aromatic N) is 1. The maximum atomic E-state index is 12.8. The van der Waals surface area contributed by atoms with E-state index in [-0.39, 0.29) is 10.4 Å². The Kier molecular flexibility index (Phi) is 1.97. The molecule has 0 fully saturated rings. The first-order valence-corrected chi connectivity index (χ1v) is 5.88. The van der Waals surface area contributed by atoms with E-state index in [0.29, 0.717) is 5.52 Å². The van der Waals surface area contributed by atoms with Crippen LogP contribution in [0.5, 0.6) is 0 Å². The summed E-state index contributed by atoms with van der Waals surface area (Å²) in [5, 5.41) is 5.78. The largest absolute Gasteiger partial charge is 0.278 e. The smallest absolute Gasteiger partial charge is 0.265 e. The Bertz CT molecular complexity index is 593. The van der Waals surface area contributed by atoms with E-state index in [4.69, 9.17) is 10.7 Å². The van der Waals surface area contributed by atoms with E-state index in [0.717, 1.165) is 6.07 Å². The van der Waals surface area contributed by atoms with Crippen LogP contribution in [0, 0.1) is 5.82 Å². The zero-order chi connectivity index (χ0) is 10.3. The monoisotopic (exact) mass is 234 g/mol. The number of H-pyrrole nitrogens is 1. The lowest BCUT2D eigenvalue weighted by molar-refractivity contribution is 0.606. The highest BCUT2D eigenvalue weighted by Crippen LogP contribution is 2.23. The Labute approximate surface area is 83.1 Å². The van der Waals surface area contributed by atoms with Crippen molar-refractivity contribution >= 4 is 30.6 Å². The van der Waals surface area contributed by atoms with Gasteiger partial charge in [0, 0.05) is 16.1 Å². The zero-order valence-corrected chi connectivity index (χ0v) is 8.23. The van der Waals surface area contributed by atoms with Gasteiger partial charge < -0.3 is 0 Å². The molecule has 0 amide bonds. The van der Waals surface area contributed by atoms with Crippen LogP contribution in [-0.4, -0.2) is 18.6 Å². The van der Waals surface area contributed by atoms with E-state index < -0.39 is 14.9 Å². The first-order chi connectivity index (χ1) is 6.48. The van der Waals surface area contributed by atoms with Gasteiger partial charge in [-0.05, 0) is 18.2 Å². The van der Waals surface area contributed by atoms with Crippen molar-refractivity contribution in [3.8, 4) is 0 Å². The van der Waals surface area contributed by atoms with Crippen LogP contribution >= 0.6 is 10.7 Å². The van der Waals surface area contributed by atoms with E-state index in [2.05, 4.69) is 10.2 Å². The van der Waals surface area contributed by atoms with Crippen LogP contribution in [0.15, 0.2) is 23.2 Å². The maximum Gasteiger partial charge on any atom is 0.278 e. The fraction of sp³-hybridized carbons (Fsp3) is 0. The molecule has 0 spiro atoms. The van der Waals surface area contributed by atoms with Crippen LogP contribution in [0.1, 0.15) is 0 Å². The topological polar surface area (TPSA) is 62.8 Å². The maximum absolute atomic E-state index is 12.8. The van der Waals surface area contributed by atoms with Crippen LogP contribution in [0.25, 0.3) is 10.9 Å². The van der Waals surface area contributed by atoms with Crippen molar-refractivity contribution in [3.63, 3.8) is 0 Å². The lowest BCUT2D eigenvalue weighted by atomic mass is 10.2. The summed E-state index contributed by atoms with van der Waals surface area (Å²) in [5.74, 6) is -0.541. The first kappa shape index (κ1) is 9.42. The van der Waals surface area contributed by atoms with Gasteiger partial charge in [-0.1, -0.05) is 0 Å². The predicted molar refractivity (Wildman–Crippen MR) is 49.1 cm³/mol. The molecule has 0 aliphatic rings. The Hall–Kier alpha value is -1.14. The molecule has 2 rings (SSSR count). The SMILES string of the molecule is O=S(=O)(Cl)c1[nH]nc2ccc(F)cc12. The van der Waals surface area contributed by atoms with Gasteiger partial charge in [0.1, 0.15) is 5.82 Å². The highest BCUT2D eigenvalue weighted by molar-refractivity contribution is 8.13. The van der Waals surface area contributed by atoms with Gasteiger partial charge in [0.05, 0.1) is 5.52 Å². The third-order valence-corrected chi connectivity index (χ3v) is 2.99. The molecule has 2 aromatic rings. The molecule has 0 saturated heterocycles. The summed E-state index contributed by atoms with van der Waals surface area (Å²) in [6.45, 7) is 0. The van der Waals surface area contributed by atoms with Gasteiger partial charge in [-0.25, -0.2) is 12.8 Å². The third kappa shape index (κ3) is 1.46. The van der Waals surface area contributed by atoms with Crippen LogP contribution in [-0.2, 0) is 9.05 Å². The normalized spacial score (nSPS) is 12.1. The zero-order valence-electron chi connectivity index (χ0n) is 6.66. The van der Waals surface area contributed by atoms with Crippen molar-refractivity contribution < 1.29 is 12.8 Å². The van der Waals surface area contributed by atoms with Crippen LogP contribution < -0.4 is 0 Å². The molecule has 7 heteroatoms. The molecule has 0 saturated carbocycles. The van der Waals surface area contributed by atoms with Crippen LogP contribution in [0.2, 0.25) is 0 Å². The average Bonchev–Trinajstić information content (AvgIpc) is 2.45. The second kappa shape index (κ2) is 2.93. The van der Waals surface area contributed by atoms with E-state index in [1.807, 2.05) is 0 Å². The van der Waals surface area contributed by atoms with Gasteiger partial charge in [-0.2, -0.15) is 5.10 Å². The quantitative estimate of drug-likeness (QED) is 0.763. The summed E-state index contributed by atoms with van der Waals surface area (Å²) >= 11 is 0. The molecule has 4 nitrogen and oxygen atoms in total. The van der Waals surface area contributed by atoms with Gasteiger partial charge in [0.15, 0.2) is 5.03 Å². The molecule has 0 radical (unpaired) electrons. The number of rotatable bonds is 1. The standard InChI is InChI=1S/C7H4ClFN2O2S/c8-14(12,13)7-5-3-4(9)1-2-6(5)10-11-7/h1-3H,(H,10,11). The summed E-state index contributed by atoms with van der Waals surface area (Å²) < 4.78 is 34.8. The Morgan fingerprint density at radius 1 is 1.43 bits per heavy atom. The molecule has 1 aromatic heterocycles. The fourth-order valence-electron chi connectivity index (χ4n) is 1.14. The van der Waals surface area contributed by atoms with E-state index in [9.17, 15) is 12.8 Å². The third-order valence-electron chi connectivity index (χ3n) is 1.72. The Balaban J connectivity index is 2.87. The summed E-state index contributed by atoms with van der Waals surface area (Å²) in [5.41, 5.74) is 0.352. The van der Waals surface area contributed by atoms with Gasteiger partial charge in [-0.3, -0.25) is 5.10 Å². The van der Waals surface area contributed by atoms with Crippen molar-refractivity contribution in [2.24, 2.45) is 0 Å². The molecule has 0 bridgehead atoms. The number of benzene rings is 1. The molecule has 1 N–H and O–H groups in total. The summed E-state index contributed by atoms with van der Waals surface area (Å²) in [6, 6.07) is 3.62. The number of aromatic amines is 1. The Morgan fingerprint density at radius 3 is 2.79 bits per heavy atom. The Morgan fingerprint density at radius 2 is 2.14 bits per heavy atom. The number of hydrogen-bond donors (Lipinski definition) is 1. The average molecular weight is 235 g/mol. The van der Waals surface area contributed by atoms with Crippen LogP contribution in [0.4, 0.5) is 4.39 Å². The van der Waals surface area contributed by atoms with Crippen molar-refractivity contribution in [1.82, 2.24) is 10.2 Å². The first-order valence-electron chi connectivity index (χ1n) is 3.57. The molecule has 1 heterocycles. The van der Waals surface area contributed by atoms with Gasteiger partial charge in [-0.15, -0.1) is 0 Å². The van der Waals surface area contributed by atoms with Crippen molar-refractivity contribution in [2.45, 2.75) is 5.03 Å². The minimum absolute atomic E-state index is 0.153. The lowest BCUT2D eigenvalue weighted by Crippen LogP contribution is -1.91. The van der Waals surface area contributed by atoms with Crippen molar-refractivity contribution in [1.29, 1.82) is 0 Å². The summed E-state index contributed by atoms with van der Waals surface area (Å²) in [7, 11) is 1.19. The van der Waals surface area contributed by atoms with E-state index in [1.54, 1.807) is 0 Å². The summed E-state index contributed by atoms with van der Waals surface area (Å²) in [6.07, 6.45) is 0. The molecule has 0 atom stereocenters. The van der Waals surface area contributed by atoms with Crippen molar-refractivity contribution in [3.05, 3.63) is 24.0 Å². The summed E-state index contributed by atoms with van der Waals surface area (Å²) in [4.78, 5) is 0. The lowest BCUT2D eigenvalue weighted by Gasteiger charge is -1.91. The van der Waals surface area contributed by atoms with Crippen LogP contribution in [0.3, 0.4) is 0 Å². The number of halogens is 2. The number of aromatic nitrogens is 2. The van der Waals surface area contributed by atoms with Crippen molar-refractivity contribution in [2.75, 3.05) is 0 Å². The molecule has 0 aliphatic heterocycles. The highest BCUT2D eigenvalue weighted by atomic mass is 35.7.